The van der Waals surface area contributed by atoms with Crippen LogP contribution in [0, 0.1) is 27.7 Å². The van der Waals surface area contributed by atoms with E-state index in [0.717, 1.165) is 84.2 Å². The van der Waals surface area contributed by atoms with E-state index in [9.17, 15) is 9.59 Å². The van der Waals surface area contributed by atoms with Gasteiger partial charge in [0.25, 0.3) is 0 Å². The summed E-state index contributed by atoms with van der Waals surface area (Å²) >= 11 is 6.01. The lowest BCUT2D eigenvalue weighted by Crippen LogP contribution is -2.48. The van der Waals surface area contributed by atoms with Gasteiger partial charge in [0.2, 0.25) is 0 Å². The summed E-state index contributed by atoms with van der Waals surface area (Å²) in [6.45, 7) is 11.2. The first-order chi connectivity index (χ1) is 29.9. The van der Waals surface area contributed by atoms with Crippen LogP contribution in [-0.2, 0) is 0 Å². The van der Waals surface area contributed by atoms with E-state index in [1.165, 1.54) is 24.8 Å². The highest BCUT2D eigenvalue weighted by Crippen LogP contribution is 2.41. The number of pyridine rings is 4. The van der Waals surface area contributed by atoms with Crippen molar-refractivity contribution >= 4 is 70.9 Å². The molecule has 2 atom stereocenters. The smallest absolute Gasteiger partial charge is 0.423 e. The Kier molecular flexibility index (Phi) is 12.2. The largest absolute Gasteiger partial charge is 0.490 e. The number of nitrogens with one attached hydrogen (secondary N) is 2. The van der Waals surface area contributed by atoms with Gasteiger partial charge in [0, 0.05) is 85.8 Å². The molecule has 0 spiro atoms. The van der Waals surface area contributed by atoms with Gasteiger partial charge in [0.15, 0.2) is 23.3 Å². The fraction of sp³-hybridized carbons (Fsp3) is 0.286. The highest BCUT2D eigenvalue weighted by atomic mass is 35.5. The first-order valence-electron chi connectivity index (χ1n) is 20.1. The van der Waals surface area contributed by atoms with Crippen molar-refractivity contribution < 1.29 is 19.6 Å². The van der Waals surface area contributed by atoms with Crippen LogP contribution in [-0.4, -0.2) is 107 Å². The summed E-state index contributed by atoms with van der Waals surface area (Å²) in [7, 11) is -1.41. The average Bonchev–Trinajstić information content (AvgIpc) is 3.89. The molecule has 20 heteroatoms. The van der Waals surface area contributed by atoms with E-state index in [-0.39, 0.29) is 24.1 Å². The molecular weight excluding hydrogens is 811 g/mol. The first-order valence-corrected chi connectivity index (χ1v) is 20.4. The summed E-state index contributed by atoms with van der Waals surface area (Å²) in [6, 6.07) is 11.2. The summed E-state index contributed by atoms with van der Waals surface area (Å²) in [5.41, 5.74) is 8.10. The lowest BCUT2D eigenvalue weighted by atomic mass is 9.81. The van der Waals surface area contributed by atoms with Crippen LogP contribution in [0.25, 0.3) is 11.3 Å². The summed E-state index contributed by atoms with van der Waals surface area (Å²) in [4.78, 5) is 67.7. The molecule has 0 aliphatic carbocycles. The van der Waals surface area contributed by atoms with E-state index < -0.39 is 7.12 Å². The summed E-state index contributed by atoms with van der Waals surface area (Å²) in [5, 5.41) is 23.5. The van der Waals surface area contributed by atoms with E-state index in [1.807, 2.05) is 46.0 Å². The summed E-state index contributed by atoms with van der Waals surface area (Å²) in [6.07, 6.45) is 14.4. The number of hydrogen-bond donors (Lipinski definition) is 4. The van der Waals surface area contributed by atoms with E-state index in [0.29, 0.717) is 33.9 Å². The number of fused-ring (bicyclic) bond motifs is 8. The molecule has 4 N–H and O–H groups in total. The third-order valence-corrected chi connectivity index (χ3v) is 11.4. The van der Waals surface area contributed by atoms with Gasteiger partial charge in [0.1, 0.15) is 5.15 Å². The normalized spacial score (nSPS) is 16.6. The van der Waals surface area contributed by atoms with Gasteiger partial charge < -0.3 is 19.8 Å². The zero-order chi connectivity index (χ0) is 43.5. The predicted molar refractivity (Wildman–Crippen MR) is 238 cm³/mol. The first kappa shape index (κ1) is 41.9. The average molecular weight is 855 g/mol. The number of aryl methyl sites for hydroxylation is 4. The Morgan fingerprint density at radius 2 is 1.21 bits per heavy atom. The van der Waals surface area contributed by atoms with Gasteiger partial charge in [-0.15, -0.1) is 0 Å². The zero-order valence-electron chi connectivity index (χ0n) is 34.5. The number of anilines is 6. The third-order valence-electron chi connectivity index (χ3n) is 11.2. The molecule has 2 saturated heterocycles. The number of nitrogens with zero attached hydrogens (tertiary/aromatic N) is 12. The van der Waals surface area contributed by atoms with Crippen molar-refractivity contribution in [2.24, 2.45) is 0 Å². The molecule has 0 radical (unpaired) electrons. The molecule has 10 rings (SSSR count). The van der Waals surface area contributed by atoms with Crippen molar-refractivity contribution in [3.8, 4) is 11.3 Å². The van der Waals surface area contributed by atoms with E-state index in [1.54, 1.807) is 40.5 Å². The highest BCUT2D eigenvalue weighted by molar-refractivity contribution is 6.58. The number of rotatable bonds is 4. The monoisotopic (exact) mass is 854 g/mol. The molecule has 62 heavy (non-hydrogen) atoms. The maximum Gasteiger partial charge on any atom is 0.490 e. The number of halogens is 1. The molecule has 18 nitrogen and oxygen atoms in total. The molecule has 0 unspecified atom stereocenters. The number of hydrogen-bond acceptors (Lipinski definition) is 14. The second-order valence-electron chi connectivity index (χ2n) is 15.2. The Bertz CT molecular complexity index is 2600. The fourth-order valence-corrected chi connectivity index (χ4v) is 7.88. The standard InChI is InChI=1S/C21H21N7O.C14H13ClN6O.C7H10BNO2/c1-13-9-15(10-24-14(13)2)17-3-4-18-20(25-17)28(16-5-8-27(18)12-16)21(29)26-19-11-22-6-7-23-19;15-11-2-1-10-13(18-11)21(9-3-6-20(10)8-9)14(22)19-12-7-16-4-5-17-12;1-5-3-7(8(10)11)4-9-6(5)2/h3-4,6-7,9-11,16H,5,8,12H2,1-2H3,(H,23,26,29);1-2,4-5,7,9H,3,6,8H2,(H,17,19,22);3-4,10-11H,1-2H3/t16-;9-;/m00./s1. The number of carbonyl (C=O) groups excluding carboxylic acids is 2. The molecule has 6 aromatic rings. The molecule has 2 fully saturated rings. The van der Waals surface area contributed by atoms with Crippen molar-refractivity contribution in [2.75, 3.05) is 56.4 Å². The Balaban J connectivity index is 0.000000141. The fourth-order valence-electron chi connectivity index (χ4n) is 7.74. The van der Waals surface area contributed by atoms with Crippen LogP contribution in [0.2, 0.25) is 5.15 Å². The SMILES string of the molecule is Cc1cc(-c2ccc3c(n2)N(C(=O)Nc2cnccn2)[C@H]2CCN3C2)cnc1C.Cc1cc(B(O)O)cnc1C.O=C(Nc1cnccn1)N1c2nc(Cl)ccc2N2CC[C@H]1C2. The van der Waals surface area contributed by atoms with Crippen molar-refractivity contribution in [1.82, 2.24) is 39.9 Å². The number of carbonyl (C=O) groups is 2. The molecule has 10 heterocycles. The molecule has 4 bridgehead atoms. The molecule has 4 amide bonds. The van der Waals surface area contributed by atoms with Crippen LogP contribution in [0.15, 0.2) is 86.0 Å². The van der Waals surface area contributed by atoms with Crippen LogP contribution >= 0.6 is 11.6 Å². The Labute approximate surface area is 363 Å². The molecule has 0 saturated carbocycles. The zero-order valence-corrected chi connectivity index (χ0v) is 35.3. The third kappa shape index (κ3) is 8.95. The highest BCUT2D eigenvalue weighted by Gasteiger charge is 2.41. The molecule has 0 aromatic carbocycles. The van der Waals surface area contributed by atoms with Crippen molar-refractivity contribution in [3.05, 3.63) is 114 Å². The van der Waals surface area contributed by atoms with E-state index >= 15 is 0 Å². The summed E-state index contributed by atoms with van der Waals surface area (Å²) in [5.74, 6) is 2.11. The van der Waals surface area contributed by atoms with Crippen LogP contribution in [0.5, 0.6) is 0 Å². The quantitative estimate of drug-likeness (QED) is 0.140. The minimum Gasteiger partial charge on any atom is -0.423 e. The minimum atomic E-state index is -1.41. The van der Waals surface area contributed by atoms with Gasteiger partial charge in [0.05, 0.1) is 41.5 Å². The maximum atomic E-state index is 13.1. The number of amides is 4. The summed E-state index contributed by atoms with van der Waals surface area (Å²) < 4.78 is 0. The van der Waals surface area contributed by atoms with Crippen LogP contribution in [0.4, 0.5) is 44.2 Å². The van der Waals surface area contributed by atoms with E-state index in [4.69, 9.17) is 26.6 Å². The Hall–Kier alpha value is -6.83. The predicted octanol–water partition coefficient (Wildman–Crippen LogP) is 4.72. The van der Waals surface area contributed by atoms with Gasteiger partial charge >= 0.3 is 19.2 Å². The second-order valence-corrected chi connectivity index (χ2v) is 15.6. The maximum absolute atomic E-state index is 13.1. The molecule has 316 valence electrons. The van der Waals surface area contributed by atoms with Crippen LogP contribution < -0.4 is 35.7 Å². The molecule has 4 aliphatic rings. The van der Waals surface area contributed by atoms with Crippen LogP contribution in [0.1, 0.15) is 35.4 Å². The number of aromatic nitrogens is 8. The van der Waals surface area contributed by atoms with Gasteiger partial charge in [-0.1, -0.05) is 17.7 Å². The molecule has 4 aliphatic heterocycles. The lowest BCUT2D eigenvalue weighted by molar-refractivity contribution is 0.254. The van der Waals surface area contributed by atoms with E-state index in [2.05, 4.69) is 67.5 Å². The second kappa shape index (κ2) is 18.0. The Morgan fingerprint density at radius 1 is 0.677 bits per heavy atom. The Morgan fingerprint density at radius 3 is 1.73 bits per heavy atom. The van der Waals surface area contributed by atoms with Gasteiger partial charge in [-0.25, -0.2) is 29.5 Å². The molecular formula is C42H44BClN14O4. The van der Waals surface area contributed by atoms with Gasteiger partial charge in [-0.2, -0.15) is 0 Å². The van der Waals surface area contributed by atoms with Crippen molar-refractivity contribution in [2.45, 2.75) is 52.6 Å². The minimum absolute atomic E-state index is 0.0831. The van der Waals surface area contributed by atoms with Gasteiger partial charge in [-0.3, -0.25) is 40.4 Å². The van der Waals surface area contributed by atoms with Crippen molar-refractivity contribution in [3.63, 3.8) is 0 Å². The van der Waals surface area contributed by atoms with Gasteiger partial charge in [-0.05, 0) is 82.0 Å². The molecule has 6 aromatic heterocycles. The number of urea groups is 2. The van der Waals surface area contributed by atoms with Crippen LogP contribution in [0.3, 0.4) is 0 Å². The lowest BCUT2D eigenvalue weighted by Gasteiger charge is -2.35. The van der Waals surface area contributed by atoms with Crippen molar-refractivity contribution in [1.29, 1.82) is 0 Å². The topological polar surface area (TPSA) is 215 Å².